The van der Waals surface area contributed by atoms with E-state index in [2.05, 4.69) is 21.4 Å². The van der Waals surface area contributed by atoms with E-state index in [1.807, 2.05) is 54.0 Å². The Bertz CT molecular complexity index is 1270. The Kier molecular flexibility index (Phi) is 4.10. The summed E-state index contributed by atoms with van der Waals surface area (Å²) in [5.74, 6) is 2.92. The number of aromatic nitrogens is 3. The van der Waals surface area contributed by atoms with E-state index in [1.54, 1.807) is 6.20 Å². The first-order valence-corrected chi connectivity index (χ1v) is 11.0. The minimum absolute atomic E-state index is 0.392. The first-order valence-electron chi connectivity index (χ1n) is 11.0. The van der Waals surface area contributed by atoms with Crippen LogP contribution in [0.25, 0.3) is 16.4 Å². The average molecular weight is 414 g/mol. The molecule has 1 aromatic carbocycles. The number of fused-ring (bicyclic) bond motifs is 3. The summed E-state index contributed by atoms with van der Waals surface area (Å²) in [5.41, 5.74) is 9.55. The summed E-state index contributed by atoms with van der Waals surface area (Å²) in [4.78, 5) is 8.74. The van der Waals surface area contributed by atoms with Gasteiger partial charge in [-0.2, -0.15) is 0 Å². The molecule has 0 saturated heterocycles. The Morgan fingerprint density at radius 1 is 1.19 bits per heavy atom. The SMILES string of the molecule is Cc1cn2ccc(OCC3CC4(CNc5cccc6c(N)nccc56)CC3C4)cc2n1. The Balaban J connectivity index is 1.10. The standard InChI is InChI=1S/C25H27N5O/c1-16-13-30-8-6-19(9-23(30)29-16)31-14-18-12-25(10-17(18)11-25)15-28-22-4-2-3-21-20(22)5-7-27-24(21)26/h2-9,13,17-18,28H,10-12,14-15H2,1H3,(H2,26,27). The molecule has 0 spiro atoms. The van der Waals surface area contributed by atoms with Gasteiger partial charge in [0.25, 0.3) is 0 Å². The molecule has 3 heterocycles. The van der Waals surface area contributed by atoms with Crippen molar-refractivity contribution < 1.29 is 4.74 Å². The third-order valence-corrected chi connectivity index (χ3v) is 7.26. The van der Waals surface area contributed by atoms with Gasteiger partial charge in [-0.1, -0.05) is 12.1 Å². The highest BCUT2D eigenvalue weighted by molar-refractivity contribution is 5.99. The lowest BCUT2D eigenvalue weighted by Gasteiger charge is -2.39. The van der Waals surface area contributed by atoms with Crippen LogP contribution in [0.5, 0.6) is 5.75 Å². The number of rotatable bonds is 6. The molecule has 1 atom stereocenters. The number of nitrogen functional groups attached to an aromatic ring is 1. The van der Waals surface area contributed by atoms with Crippen molar-refractivity contribution in [3.63, 3.8) is 0 Å². The van der Waals surface area contributed by atoms with Gasteiger partial charge in [0.1, 0.15) is 17.2 Å². The fourth-order valence-corrected chi connectivity index (χ4v) is 5.74. The fourth-order valence-electron chi connectivity index (χ4n) is 5.74. The van der Waals surface area contributed by atoms with Crippen molar-refractivity contribution in [2.75, 3.05) is 24.2 Å². The topological polar surface area (TPSA) is 77.5 Å². The van der Waals surface area contributed by atoms with E-state index in [0.717, 1.165) is 52.6 Å². The smallest absolute Gasteiger partial charge is 0.140 e. The van der Waals surface area contributed by atoms with Crippen LogP contribution in [-0.2, 0) is 0 Å². The minimum Gasteiger partial charge on any atom is -0.493 e. The third kappa shape index (κ3) is 3.17. The molecule has 3 fully saturated rings. The van der Waals surface area contributed by atoms with E-state index in [1.165, 1.54) is 19.3 Å². The Morgan fingerprint density at radius 3 is 3.00 bits per heavy atom. The second-order valence-corrected chi connectivity index (χ2v) is 9.40. The van der Waals surface area contributed by atoms with Gasteiger partial charge in [0.05, 0.1) is 12.3 Å². The number of nitrogens with two attached hydrogens (primary N) is 1. The molecular formula is C25H27N5O. The van der Waals surface area contributed by atoms with Gasteiger partial charge in [-0.25, -0.2) is 9.97 Å². The zero-order valence-electron chi connectivity index (χ0n) is 17.7. The molecule has 158 valence electrons. The van der Waals surface area contributed by atoms with Gasteiger partial charge >= 0.3 is 0 Å². The molecule has 3 N–H and O–H groups in total. The number of nitrogens with zero attached hydrogens (tertiary/aromatic N) is 3. The summed E-state index contributed by atoms with van der Waals surface area (Å²) in [6.07, 6.45) is 9.65. The Hall–Kier alpha value is -3.28. The van der Waals surface area contributed by atoms with E-state index < -0.39 is 0 Å². The number of benzene rings is 1. The van der Waals surface area contributed by atoms with E-state index in [-0.39, 0.29) is 0 Å². The predicted molar refractivity (Wildman–Crippen MR) is 123 cm³/mol. The lowest BCUT2D eigenvalue weighted by Crippen LogP contribution is -2.35. The van der Waals surface area contributed by atoms with Crippen molar-refractivity contribution in [2.45, 2.75) is 26.2 Å². The zero-order valence-corrected chi connectivity index (χ0v) is 17.7. The minimum atomic E-state index is 0.392. The molecule has 3 aromatic heterocycles. The second-order valence-electron chi connectivity index (χ2n) is 9.40. The van der Waals surface area contributed by atoms with E-state index in [0.29, 0.717) is 17.2 Å². The highest BCUT2D eigenvalue weighted by Crippen LogP contribution is 2.61. The summed E-state index contributed by atoms with van der Waals surface area (Å²) in [5, 5.41) is 5.87. The quantitative estimate of drug-likeness (QED) is 0.480. The number of aryl methyl sites for hydroxylation is 1. The van der Waals surface area contributed by atoms with Crippen LogP contribution in [0.4, 0.5) is 11.5 Å². The van der Waals surface area contributed by atoms with Crippen LogP contribution in [0.15, 0.2) is 55.0 Å². The van der Waals surface area contributed by atoms with Gasteiger partial charge in [-0.3, -0.25) is 0 Å². The summed E-state index contributed by atoms with van der Waals surface area (Å²) >= 11 is 0. The fraction of sp³-hybridized carbons (Fsp3) is 0.360. The number of hydrogen-bond acceptors (Lipinski definition) is 5. The lowest BCUT2D eigenvalue weighted by molar-refractivity contribution is 0.144. The third-order valence-electron chi connectivity index (χ3n) is 7.26. The molecule has 3 aliphatic rings. The largest absolute Gasteiger partial charge is 0.493 e. The molecule has 0 aliphatic heterocycles. The molecule has 1 unspecified atom stereocenters. The van der Waals surface area contributed by atoms with Gasteiger partial charge in [0.15, 0.2) is 0 Å². The van der Waals surface area contributed by atoms with Crippen molar-refractivity contribution in [3.8, 4) is 5.75 Å². The van der Waals surface area contributed by atoms with Crippen molar-refractivity contribution in [1.82, 2.24) is 14.4 Å². The molecule has 6 heteroatoms. The maximum absolute atomic E-state index is 6.19. The first-order chi connectivity index (χ1) is 15.1. The first kappa shape index (κ1) is 18.5. The summed E-state index contributed by atoms with van der Waals surface area (Å²) < 4.78 is 8.22. The molecular weight excluding hydrogens is 386 g/mol. The number of hydrogen-bond donors (Lipinski definition) is 2. The van der Waals surface area contributed by atoms with Crippen LogP contribution < -0.4 is 15.8 Å². The van der Waals surface area contributed by atoms with Crippen molar-refractivity contribution >= 4 is 27.9 Å². The number of imidazole rings is 1. The van der Waals surface area contributed by atoms with Gasteiger partial charge in [-0.15, -0.1) is 0 Å². The van der Waals surface area contributed by atoms with Crippen LogP contribution in [0, 0.1) is 24.2 Å². The Morgan fingerprint density at radius 2 is 2.10 bits per heavy atom. The van der Waals surface area contributed by atoms with Crippen molar-refractivity contribution in [3.05, 3.63) is 60.7 Å². The van der Waals surface area contributed by atoms with Crippen LogP contribution in [-0.4, -0.2) is 27.5 Å². The molecule has 3 aliphatic carbocycles. The number of nitrogens with one attached hydrogen (secondary N) is 1. The summed E-state index contributed by atoms with van der Waals surface area (Å²) in [6.45, 7) is 3.80. The Labute approximate surface area is 181 Å². The lowest BCUT2D eigenvalue weighted by atomic mass is 9.69. The number of ether oxygens (including phenoxy) is 1. The highest BCUT2D eigenvalue weighted by Gasteiger charge is 2.55. The van der Waals surface area contributed by atoms with Crippen molar-refractivity contribution in [2.24, 2.45) is 17.3 Å². The second kappa shape index (κ2) is 6.87. The maximum atomic E-state index is 6.19. The monoisotopic (exact) mass is 413 g/mol. The molecule has 7 rings (SSSR count). The maximum Gasteiger partial charge on any atom is 0.140 e. The van der Waals surface area contributed by atoms with E-state index in [9.17, 15) is 0 Å². The van der Waals surface area contributed by atoms with E-state index >= 15 is 0 Å². The number of pyridine rings is 2. The van der Waals surface area contributed by atoms with Crippen molar-refractivity contribution in [1.29, 1.82) is 0 Å². The predicted octanol–water partition coefficient (Wildman–Crippen LogP) is 4.68. The molecule has 6 nitrogen and oxygen atoms in total. The summed E-state index contributed by atoms with van der Waals surface area (Å²) in [6, 6.07) is 12.3. The van der Waals surface area contributed by atoms with Crippen LogP contribution in [0.1, 0.15) is 25.0 Å². The van der Waals surface area contributed by atoms with Crippen LogP contribution in [0.2, 0.25) is 0 Å². The van der Waals surface area contributed by atoms with Crippen LogP contribution >= 0.6 is 0 Å². The normalized spacial score (nSPS) is 24.4. The molecule has 0 amide bonds. The molecule has 2 bridgehead atoms. The molecule has 31 heavy (non-hydrogen) atoms. The number of anilines is 2. The summed E-state index contributed by atoms with van der Waals surface area (Å²) in [7, 11) is 0. The van der Waals surface area contributed by atoms with Gasteiger partial charge in [0.2, 0.25) is 0 Å². The van der Waals surface area contributed by atoms with Gasteiger partial charge in [0, 0.05) is 47.7 Å². The van der Waals surface area contributed by atoms with Gasteiger partial charge in [-0.05, 0) is 61.6 Å². The molecule has 3 saturated carbocycles. The molecule has 0 radical (unpaired) electrons. The zero-order chi connectivity index (χ0) is 21.0. The highest BCUT2D eigenvalue weighted by atomic mass is 16.5. The average Bonchev–Trinajstić information content (AvgIpc) is 3.40. The van der Waals surface area contributed by atoms with Crippen LogP contribution in [0.3, 0.4) is 0 Å². The molecule has 4 aromatic rings. The van der Waals surface area contributed by atoms with Gasteiger partial charge < -0.3 is 20.2 Å². The van der Waals surface area contributed by atoms with E-state index in [4.69, 9.17) is 10.5 Å².